The molecule has 0 bridgehead atoms. The molecule has 0 aromatic heterocycles. The number of hydrogen-bond acceptors (Lipinski definition) is 3. The van der Waals surface area contributed by atoms with Gasteiger partial charge in [-0.2, -0.15) is 0 Å². The van der Waals surface area contributed by atoms with E-state index in [1.165, 1.54) is 0 Å². The Morgan fingerprint density at radius 2 is 2.19 bits per heavy atom. The maximum atomic E-state index is 12.2. The number of allylic oxidation sites excluding steroid dienone is 1. The van der Waals surface area contributed by atoms with Crippen molar-refractivity contribution in [1.29, 1.82) is 0 Å². The van der Waals surface area contributed by atoms with Crippen molar-refractivity contribution in [2.45, 2.75) is 13.0 Å². The van der Waals surface area contributed by atoms with Gasteiger partial charge < -0.3 is 15.4 Å². The molecule has 1 atom stereocenters. The molecule has 1 heterocycles. The van der Waals surface area contributed by atoms with E-state index in [0.717, 1.165) is 0 Å². The molecule has 2 rings (SSSR count). The molecule has 1 aromatic carbocycles. The maximum Gasteiger partial charge on any atom is 0.338 e. The van der Waals surface area contributed by atoms with Crippen LogP contribution in [-0.2, 0) is 9.53 Å². The number of benzene rings is 1. The lowest BCUT2D eigenvalue weighted by atomic mass is 9.95. The topological polar surface area (TPSA) is 67.4 Å². The van der Waals surface area contributed by atoms with E-state index in [4.69, 9.17) is 27.9 Å². The van der Waals surface area contributed by atoms with Gasteiger partial charge in [0.05, 0.1) is 24.1 Å². The molecule has 0 saturated heterocycles. The summed E-state index contributed by atoms with van der Waals surface area (Å²) < 4.78 is 5.05. The van der Waals surface area contributed by atoms with Crippen LogP contribution in [0.1, 0.15) is 18.5 Å². The highest BCUT2D eigenvalue weighted by Crippen LogP contribution is 2.29. The van der Waals surface area contributed by atoms with Crippen molar-refractivity contribution in [2.24, 2.45) is 0 Å². The summed E-state index contributed by atoms with van der Waals surface area (Å²) in [5.74, 6) is -0.524. The Morgan fingerprint density at radius 1 is 1.43 bits per heavy atom. The fourth-order valence-corrected chi connectivity index (χ4v) is 2.52. The Labute approximate surface area is 132 Å². The molecule has 1 aliphatic rings. The highest BCUT2D eigenvalue weighted by molar-refractivity contribution is 6.30. The van der Waals surface area contributed by atoms with Gasteiger partial charge in [0.2, 0.25) is 0 Å². The normalized spacial score (nSPS) is 18.0. The first kappa shape index (κ1) is 15.7. The number of nitrogens with one attached hydrogen (secondary N) is 2. The van der Waals surface area contributed by atoms with E-state index in [-0.39, 0.29) is 18.1 Å². The fourth-order valence-electron chi connectivity index (χ4n) is 2.11. The van der Waals surface area contributed by atoms with Crippen molar-refractivity contribution < 1.29 is 14.3 Å². The van der Waals surface area contributed by atoms with Crippen molar-refractivity contribution in [3.8, 4) is 0 Å². The second kappa shape index (κ2) is 6.83. The first-order valence-electron chi connectivity index (χ1n) is 6.36. The zero-order chi connectivity index (χ0) is 15.4. The van der Waals surface area contributed by atoms with E-state index >= 15 is 0 Å². The van der Waals surface area contributed by atoms with Crippen LogP contribution in [0.3, 0.4) is 0 Å². The summed E-state index contributed by atoms with van der Waals surface area (Å²) in [4.78, 5) is 23.9. The van der Waals surface area contributed by atoms with Gasteiger partial charge in [0.15, 0.2) is 0 Å². The Morgan fingerprint density at radius 3 is 2.81 bits per heavy atom. The molecular weight excluding hydrogens is 315 g/mol. The molecule has 0 spiro atoms. The van der Waals surface area contributed by atoms with E-state index in [2.05, 4.69) is 10.6 Å². The van der Waals surface area contributed by atoms with E-state index < -0.39 is 18.0 Å². The molecule has 1 aromatic rings. The molecule has 21 heavy (non-hydrogen) atoms. The summed E-state index contributed by atoms with van der Waals surface area (Å²) in [6, 6.07) is 5.84. The van der Waals surface area contributed by atoms with Crippen LogP contribution in [0.5, 0.6) is 0 Å². The number of alkyl halides is 1. The molecule has 0 unspecified atom stereocenters. The third kappa shape index (κ3) is 3.49. The predicted octanol–water partition coefficient (Wildman–Crippen LogP) is 2.75. The van der Waals surface area contributed by atoms with E-state index in [1.54, 1.807) is 31.2 Å². The summed E-state index contributed by atoms with van der Waals surface area (Å²) in [6.07, 6.45) is 0. The highest BCUT2D eigenvalue weighted by atomic mass is 35.5. The molecule has 0 radical (unpaired) electrons. The summed E-state index contributed by atoms with van der Waals surface area (Å²) in [5, 5.41) is 5.73. The first-order chi connectivity index (χ1) is 10.1. The van der Waals surface area contributed by atoms with Crippen molar-refractivity contribution >= 4 is 35.2 Å². The van der Waals surface area contributed by atoms with Crippen LogP contribution < -0.4 is 10.6 Å². The van der Waals surface area contributed by atoms with Gasteiger partial charge in [-0.3, -0.25) is 0 Å². The average Bonchev–Trinajstić information content (AvgIpc) is 2.46. The van der Waals surface area contributed by atoms with Gasteiger partial charge in [-0.25, -0.2) is 9.59 Å². The number of urea groups is 1. The van der Waals surface area contributed by atoms with Gasteiger partial charge in [-0.05, 0) is 24.6 Å². The summed E-state index contributed by atoms with van der Waals surface area (Å²) in [7, 11) is 0. The standard InChI is InChI=1S/C14H14Cl2N2O3/c1-2-21-13(19)11-10(7-15)17-14(20)18-12(11)8-4-3-5-9(16)6-8/h3-6,12H,2,7H2,1H3,(H2,17,18,20)/t12-/m0/s1. The molecule has 2 N–H and O–H groups in total. The zero-order valence-electron chi connectivity index (χ0n) is 11.3. The Kier molecular flexibility index (Phi) is 5.09. The molecule has 1 aliphatic heterocycles. The molecule has 0 aliphatic carbocycles. The van der Waals surface area contributed by atoms with Gasteiger partial charge in [0.1, 0.15) is 0 Å². The van der Waals surface area contributed by atoms with Crippen LogP contribution >= 0.6 is 23.2 Å². The molecule has 2 amide bonds. The second-order valence-electron chi connectivity index (χ2n) is 4.33. The summed E-state index contributed by atoms with van der Waals surface area (Å²) in [6.45, 7) is 1.94. The van der Waals surface area contributed by atoms with Crippen molar-refractivity contribution in [2.75, 3.05) is 12.5 Å². The predicted molar refractivity (Wildman–Crippen MR) is 80.2 cm³/mol. The van der Waals surface area contributed by atoms with Gasteiger partial charge in [-0.15, -0.1) is 11.6 Å². The van der Waals surface area contributed by atoms with E-state index in [9.17, 15) is 9.59 Å². The SMILES string of the molecule is CCOC(=O)C1=C(CCl)NC(=O)N[C@H]1c1cccc(Cl)c1. The minimum atomic E-state index is -0.648. The smallest absolute Gasteiger partial charge is 0.338 e. The Hall–Kier alpha value is -1.72. The number of hydrogen-bond donors (Lipinski definition) is 2. The third-order valence-electron chi connectivity index (χ3n) is 2.96. The summed E-state index contributed by atoms with van der Waals surface area (Å²) in [5.41, 5.74) is 1.31. The molecular formula is C14H14Cl2N2O3. The van der Waals surface area contributed by atoms with Crippen LogP contribution in [0, 0.1) is 0 Å². The lowest BCUT2D eigenvalue weighted by molar-refractivity contribution is -0.139. The van der Waals surface area contributed by atoms with Crippen molar-refractivity contribution in [1.82, 2.24) is 10.6 Å². The lowest BCUT2D eigenvalue weighted by Crippen LogP contribution is -2.46. The zero-order valence-corrected chi connectivity index (χ0v) is 12.8. The number of amides is 2. The number of halogens is 2. The third-order valence-corrected chi connectivity index (χ3v) is 3.47. The number of ether oxygens (including phenoxy) is 1. The number of carbonyl (C=O) groups excluding carboxylic acids is 2. The van der Waals surface area contributed by atoms with Crippen molar-refractivity contribution in [3.05, 3.63) is 46.1 Å². The van der Waals surface area contributed by atoms with Gasteiger partial charge in [0, 0.05) is 10.7 Å². The second-order valence-corrected chi connectivity index (χ2v) is 5.04. The summed E-state index contributed by atoms with van der Waals surface area (Å²) >= 11 is 11.8. The Balaban J connectivity index is 2.49. The number of esters is 1. The van der Waals surface area contributed by atoms with Crippen LogP contribution in [0.4, 0.5) is 4.79 Å². The largest absolute Gasteiger partial charge is 0.463 e. The van der Waals surface area contributed by atoms with E-state index in [0.29, 0.717) is 16.3 Å². The van der Waals surface area contributed by atoms with Crippen LogP contribution in [-0.4, -0.2) is 24.5 Å². The molecule has 5 nitrogen and oxygen atoms in total. The van der Waals surface area contributed by atoms with Gasteiger partial charge in [0.25, 0.3) is 0 Å². The average molecular weight is 329 g/mol. The molecule has 7 heteroatoms. The van der Waals surface area contributed by atoms with Crippen molar-refractivity contribution in [3.63, 3.8) is 0 Å². The fraction of sp³-hybridized carbons (Fsp3) is 0.286. The lowest BCUT2D eigenvalue weighted by Gasteiger charge is -2.28. The van der Waals surface area contributed by atoms with Crippen LogP contribution in [0.15, 0.2) is 35.5 Å². The maximum absolute atomic E-state index is 12.2. The van der Waals surface area contributed by atoms with Gasteiger partial charge >= 0.3 is 12.0 Å². The monoisotopic (exact) mass is 328 g/mol. The molecule has 0 fully saturated rings. The molecule has 0 saturated carbocycles. The number of rotatable bonds is 4. The first-order valence-corrected chi connectivity index (χ1v) is 7.27. The number of carbonyl (C=O) groups is 2. The molecule has 112 valence electrons. The van der Waals surface area contributed by atoms with Gasteiger partial charge in [-0.1, -0.05) is 23.7 Å². The minimum absolute atomic E-state index is 0.00136. The van der Waals surface area contributed by atoms with Crippen LogP contribution in [0.2, 0.25) is 5.02 Å². The quantitative estimate of drug-likeness (QED) is 0.659. The highest BCUT2D eigenvalue weighted by Gasteiger charge is 2.33. The van der Waals surface area contributed by atoms with Crippen LogP contribution in [0.25, 0.3) is 0 Å². The Bertz CT molecular complexity index is 602. The van der Waals surface area contributed by atoms with E-state index in [1.807, 2.05) is 0 Å². The minimum Gasteiger partial charge on any atom is -0.463 e.